The molecule has 154 valence electrons. The summed E-state index contributed by atoms with van der Waals surface area (Å²) in [6.45, 7) is 2.32. The van der Waals surface area contributed by atoms with Crippen LogP contribution in [0.25, 0.3) is 70.5 Å². The number of nitrogens with zero attached hydrogens (tertiary/aromatic N) is 2. The van der Waals surface area contributed by atoms with Crippen molar-refractivity contribution in [1.29, 1.82) is 0 Å². The van der Waals surface area contributed by atoms with Crippen molar-refractivity contribution in [2.75, 3.05) is 0 Å². The minimum atomic E-state index is 1.29. The Kier molecular flexibility index (Phi) is 3.05. The number of hydrogen-bond acceptors (Lipinski definition) is 0. The minimum absolute atomic E-state index is 1.29. The van der Waals surface area contributed by atoms with Gasteiger partial charge in [0.25, 0.3) is 0 Å². The normalized spacial score (nSPS) is 12.5. The Balaban J connectivity index is 1.78. The summed E-state index contributed by atoms with van der Waals surface area (Å²) in [5.41, 5.74) is 6.59. The van der Waals surface area contributed by atoms with E-state index in [0.29, 0.717) is 0 Å². The molecule has 0 aliphatic heterocycles. The Morgan fingerprint density at radius 2 is 1.24 bits per heavy atom. The Morgan fingerprint density at radius 1 is 0.576 bits per heavy atom. The van der Waals surface area contributed by atoms with Gasteiger partial charge in [0.1, 0.15) is 7.05 Å². The number of aromatic nitrogens is 2. The monoisotopic (exact) mass is 421 g/mol. The van der Waals surface area contributed by atoms with Gasteiger partial charge in [-0.2, -0.15) is 0 Å². The highest BCUT2D eigenvalue weighted by Gasteiger charge is 2.23. The lowest BCUT2D eigenvalue weighted by molar-refractivity contribution is -0.644. The molecule has 2 nitrogen and oxygen atoms in total. The first-order valence-electron chi connectivity index (χ1n) is 11.5. The van der Waals surface area contributed by atoms with E-state index in [2.05, 4.69) is 114 Å². The summed E-state index contributed by atoms with van der Waals surface area (Å²) in [6, 6.07) is 31.3. The van der Waals surface area contributed by atoms with Crippen molar-refractivity contribution in [2.24, 2.45) is 7.05 Å². The lowest BCUT2D eigenvalue weighted by atomic mass is 9.92. The molecule has 33 heavy (non-hydrogen) atoms. The summed E-state index contributed by atoms with van der Waals surface area (Å²) in [6.07, 6.45) is 2.17. The second kappa shape index (κ2) is 5.79. The van der Waals surface area contributed by atoms with E-state index >= 15 is 0 Å². The second-order valence-electron chi connectivity index (χ2n) is 9.30. The highest BCUT2D eigenvalue weighted by atomic mass is 14.9. The van der Waals surface area contributed by atoms with E-state index in [-0.39, 0.29) is 0 Å². The topological polar surface area (TPSA) is 8.29 Å². The summed E-state index contributed by atoms with van der Waals surface area (Å²) in [4.78, 5) is 0. The van der Waals surface area contributed by atoms with Gasteiger partial charge in [-0.25, -0.2) is 4.57 Å². The molecule has 0 amide bonds. The number of hydrogen-bond donors (Lipinski definition) is 0. The third-order valence-electron chi connectivity index (χ3n) is 7.69. The van der Waals surface area contributed by atoms with Crippen molar-refractivity contribution < 1.29 is 4.57 Å². The van der Waals surface area contributed by atoms with Gasteiger partial charge in [-0.1, -0.05) is 60.7 Å². The van der Waals surface area contributed by atoms with E-state index in [1.807, 2.05) is 0 Å². The van der Waals surface area contributed by atoms with Crippen LogP contribution in [0, 0.1) is 6.92 Å². The molecule has 8 rings (SSSR count). The molecule has 0 bridgehead atoms. The van der Waals surface area contributed by atoms with Gasteiger partial charge >= 0.3 is 0 Å². The summed E-state index contributed by atoms with van der Waals surface area (Å²) in [5.74, 6) is 0. The molecule has 3 heterocycles. The Morgan fingerprint density at radius 3 is 2.09 bits per heavy atom. The Bertz CT molecular complexity index is 2090. The summed E-state index contributed by atoms with van der Waals surface area (Å²) < 4.78 is 4.78. The number of para-hydroxylation sites is 2. The first-order valence-corrected chi connectivity index (χ1v) is 11.5. The van der Waals surface area contributed by atoms with Crippen molar-refractivity contribution in [3.8, 4) is 0 Å². The Labute approximate surface area is 190 Å². The van der Waals surface area contributed by atoms with Crippen LogP contribution < -0.4 is 4.57 Å². The fraction of sp³-hybridized carbons (Fsp3) is 0.0645. The van der Waals surface area contributed by atoms with Gasteiger partial charge in [-0.15, -0.1) is 0 Å². The summed E-state index contributed by atoms with van der Waals surface area (Å²) >= 11 is 0. The smallest absolute Gasteiger partial charge is 0.221 e. The first kappa shape index (κ1) is 17.4. The number of pyridine rings is 1. The average Bonchev–Trinajstić information content (AvgIpc) is 3.37. The number of rotatable bonds is 0. The maximum atomic E-state index is 2.49. The zero-order valence-corrected chi connectivity index (χ0v) is 18.6. The molecule has 0 spiro atoms. The lowest BCUT2D eigenvalue weighted by Gasteiger charge is -2.12. The molecular formula is C31H21N2+. The molecule has 5 aromatic carbocycles. The van der Waals surface area contributed by atoms with Crippen LogP contribution in [-0.4, -0.2) is 4.40 Å². The summed E-state index contributed by atoms with van der Waals surface area (Å²) in [5, 5.41) is 12.0. The van der Waals surface area contributed by atoms with Crippen molar-refractivity contribution in [1.82, 2.24) is 4.40 Å². The average molecular weight is 422 g/mol. The molecule has 0 aliphatic carbocycles. The highest BCUT2D eigenvalue weighted by Crippen LogP contribution is 2.44. The van der Waals surface area contributed by atoms with Crippen molar-refractivity contribution in [2.45, 2.75) is 6.92 Å². The molecule has 2 heteroatoms. The number of fused-ring (bicyclic) bond motifs is 12. The molecule has 0 aliphatic rings. The zero-order chi connectivity index (χ0) is 21.8. The van der Waals surface area contributed by atoms with E-state index in [9.17, 15) is 0 Å². The van der Waals surface area contributed by atoms with Gasteiger partial charge in [-0.3, -0.25) is 0 Å². The van der Waals surface area contributed by atoms with E-state index < -0.39 is 0 Å². The van der Waals surface area contributed by atoms with Crippen LogP contribution in [0.1, 0.15) is 5.56 Å². The van der Waals surface area contributed by atoms with Crippen molar-refractivity contribution >= 4 is 70.5 Å². The van der Waals surface area contributed by atoms with E-state index in [1.165, 1.54) is 76.1 Å². The fourth-order valence-corrected chi connectivity index (χ4v) is 6.40. The van der Waals surface area contributed by atoms with Crippen molar-refractivity contribution in [3.63, 3.8) is 0 Å². The molecule has 0 unspecified atom stereocenters. The molecule has 0 N–H and O–H groups in total. The van der Waals surface area contributed by atoms with Crippen LogP contribution in [0.4, 0.5) is 0 Å². The SMILES string of the molecule is Cc1c2c3cccc4c5ccccc5n(c2cc2c5ccccc5c5ccc[n+](C)c5c12)c43. The molecule has 0 saturated heterocycles. The van der Waals surface area contributed by atoms with Gasteiger partial charge in [-0.05, 0) is 46.8 Å². The van der Waals surface area contributed by atoms with Gasteiger partial charge in [0.05, 0.1) is 27.3 Å². The molecule has 0 saturated carbocycles. The van der Waals surface area contributed by atoms with Crippen LogP contribution in [0.15, 0.2) is 91.1 Å². The minimum Gasteiger partial charge on any atom is -0.308 e. The Hall–Kier alpha value is -4.17. The van der Waals surface area contributed by atoms with Crippen LogP contribution in [0.3, 0.4) is 0 Å². The highest BCUT2D eigenvalue weighted by molar-refractivity contribution is 6.31. The first-order chi connectivity index (χ1) is 16.2. The maximum Gasteiger partial charge on any atom is 0.221 e. The van der Waals surface area contributed by atoms with Crippen LogP contribution >= 0.6 is 0 Å². The zero-order valence-electron chi connectivity index (χ0n) is 18.6. The quantitative estimate of drug-likeness (QED) is 0.178. The van der Waals surface area contributed by atoms with E-state index in [4.69, 9.17) is 0 Å². The molecule has 8 aromatic rings. The van der Waals surface area contributed by atoms with Gasteiger partial charge in [0.15, 0.2) is 6.20 Å². The van der Waals surface area contributed by atoms with Gasteiger partial charge in [0.2, 0.25) is 5.52 Å². The number of aryl methyl sites for hydroxylation is 2. The van der Waals surface area contributed by atoms with Gasteiger partial charge < -0.3 is 4.40 Å². The van der Waals surface area contributed by atoms with E-state index in [0.717, 1.165) is 0 Å². The molecule has 3 aromatic heterocycles. The third-order valence-corrected chi connectivity index (χ3v) is 7.69. The maximum absolute atomic E-state index is 2.49. The van der Waals surface area contributed by atoms with Gasteiger partial charge in [0, 0.05) is 27.6 Å². The summed E-state index contributed by atoms with van der Waals surface area (Å²) in [7, 11) is 2.17. The lowest BCUT2D eigenvalue weighted by Crippen LogP contribution is -2.28. The third kappa shape index (κ3) is 1.94. The molecule has 0 atom stereocenters. The predicted octanol–water partition coefficient (Wildman–Crippen LogP) is 7.43. The van der Waals surface area contributed by atoms with Crippen molar-refractivity contribution in [3.05, 3.63) is 96.7 Å². The molecular weight excluding hydrogens is 400 g/mol. The predicted molar refractivity (Wildman–Crippen MR) is 140 cm³/mol. The standard InChI is InChI=1S/C31H21N2/c1-18-28-24-13-7-12-23-21-11-5-6-15-26(21)33(30(23)24)27(28)17-25-20-10-4-3-9-19(20)22-14-8-16-32(2)31(22)29(18)25/h3-17H,1-2H3/q+1. The fourth-order valence-electron chi connectivity index (χ4n) is 6.40. The largest absolute Gasteiger partial charge is 0.308 e. The molecule has 0 fully saturated rings. The number of benzene rings is 5. The second-order valence-corrected chi connectivity index (χ2v) is 9.30. The van der Waals surface area contributed by atoms with Crippen LogP contribution in [0.5, 0.6) is 0 Å². The molecule has 0 radical (unpaired) electrons. The van der Waals surface area contributed by atoms with Crippen LogP contribution in [-0.2, 0) is 7.05 Å². The van der Waals surface area contributed by atoms with Crippen LogP contribution in [0.2, 0.25) is 0 Å². The van der Waals surface area contributed by atoms with E-state index in [1.54, 1.807) is 0 Å².